The number of carboxylic acid groups (broad SMARTS) is 1. The van der Waals surface area contributed by atoms with Crippen LogP contribution in [0.4, 0.5) is 0 Å². The fraction of sp³-hybridized carbons (Fsp3) is 0.533. The molecular weight excluding hydrogens is 228 g/mol. The summed E-state index contributed by atoms with van der Waals surface area (Å²) in [5.74, 6) is 0.226. The molecule has 1 aromatic rings. The highest BCUT2D eigenvalue weighted by atomic mass is 16.5. The minimum Gasteiger partial charge on any atom is -0.494 e. The highest BCUT2D eigenvalue weighted by Crippen LogP contribution is 2.12. The van der Waals surface area contributed by atoms with Crippen LogP contribution in [-0.4, -0.2) is 17.7 Å². The summed E-state index contributed by atoms with van der Waals surface area (Å²) in [6, 6.07) is 8.06. The van der Waals surface area contributed by atoms with E-state index in [-0.39, 0.29) is 0 Å². The van der Waals surface area contributed by atoms with Crippen molar-refractivity contribution in [2.24, 2.45) is 0 Å². The molecule has 0 unspecified atom stereocenters. The predicted molar refractivity (Wildman–Crippen MR) is 72.0 cm³/mol. The van der Waals surface area contributed by atoms with Crippen molar-refractivity contribution in [2.45, 2.75) is 45.4 Å². The summed E-state index contributed by atoms with van der Waals surface area (Å²) in [6.45, 7) is 2.79. The molecule has 0 heterocycles. The van der Waals surface area contributed by atoms with Crippen LogP contribution in [0.1, 0.15) is 44.1 Å². The molecular formula is C15H22O3. The number of aryl methyl sites for hydroxylation is 1. The summed E-state index contributed by atoms with van der Waals surface area (Å²) < 4.78 is 5.61. The zero-order valence-electron chi connectivity index (χ0n) is 11.0. The summed E-state index contributed by atoms with van der Waals surface area (Å²) in [5, 5.41) is 8.48. The lowest BCUT2D eigenvalue weighted by Gasteiger charge is -2.06. The Balaban J connectivity index is 1.95. The van der Waals surface area contributed by atoms with Gasteiger partial charge in [-0.25, -0.2) is 0 Å². The van der Waals surface area contributed by atoms with Crippen LogP contribution in [-0.2, 0) is 4.79 Å². The van der Waals surface area contributed by atoms with Gasteiger partial charge in [0, 0.05) is 6.42 Å². The van der Waals surface area contributed by atoms with E-state index in [2.05, 4.69) is 6.92 Å². The first kappa shape index (κ1) is 14.6. The lowest BCUT2D eigenvalue weighted by molar-refractivity contribution is -0.137. The van der Waals surface area contributed by atoms with Gasteiger partial charge >= 0.3 is 5.97 Å². The highest BCUT2D eigenvalue weighted by Gasteiger charge is 1.97. The first-order valence-electron chi connectivity index (χ1n) is 6.60. The molecule has 0 amide bonds. The third kappa shape index (κ3) is 6.94. The van der Waals surface area contributed by atoms with E-state index in [9.17, 15) is 4.79 Å². The van der Waals surface area contributed by atoms with Gasteiger partial charge < -0.3 is 9.84 Å². The molecule has 1 aromatic carbocycles. The van der Waals surface area contributed by atoms with E-state index in [4.69, 9.17) is 9.84 Å². The average Bonchev–Trinajstić information content (AvgIpc) is 2.34. The Hall–Kier alpha value is -1.51. The van der Waals surface area contributed by atoms with E-state index in [0.717, 1.165) is 44.5 Å². The van der Waals surface area contributed by atoms with Crippen LogP contribution in [0.15, 0.2) is 24.3 Å². The molecule has 3 nitrogen and oxygen atoms in total. The van der Waals surface area contributed by atoms with E-state index in [1.807, 2.05) is 24.3 Å². The molecule has 18 heavy (non-hydrogen) atoms. The summed E-state index contributed by atoms with van der Waals surface area (Å²) in [4.78, 5) is 10.3. The van der Waals surface area contributed by atoms with E-state index in [1.165, 1.54) is 5.56 Å². The van der Waals surface area contributed by atoms with Crippen LogP contribution in [0, 0.1) is 6.92 Å². The number of carboxylic acids is 1. The predicted octanol–water partition coefficient (Wildman–Crippen LogP) is 3.80. The van der Waals surface area contributed by atoms with E-state index in [0.29, 0.717) is 6.42 Å². The monoisotopic (exact) mass is 250 g/mol. The Morgan fingerprint density at radius 1 is 1.06 bits per heavy atom. The third-order valence-electron chi connectivity index (χ3n) is 2.82. The number of aliphatic carboxylic acids is 1. The van der Waals surface area contributed by atoms with Crippen LogP contribution in [0.2, 0.25) is 0 Å². The first-order chi connectivity index (χ1) is 8.68. The van der Waals surface area contributed by atoms with Crippen LogP contribution in [0.3, 0.4) is 0 Å². The number of hydrogen-bond acceptors (Lipinski definition) is 2. The number of carbonyl (C=O) groups is 1. The molecule has 0 aliphatic carbocycles. The Labute approximate surface area is 109 Å². The largest absolute Gasteiger partial charge is 0.494 e. The summed E-state index contributed by atoms with van der Waals surface area (Å²) in [7, 11) is 0. The van der Waals surface area contributed by atoms with Crippen molar-refractivity contribution in [2.75, 3.05) is 6.61 Å². The first-order valence-corrected chi connectivity index (χ1v) is 6.60. The molecule has 0 aliphatic rings. The molecule has 0 atom stereocenters. The second-order valence-electron chi connectivity index (χ2n) is 4.57. The molecule has 1 N–H and O–H groups in total. The third-order valence-corrected chi connectivity index (χ3v) is 2.82. The lowest BCUT2D eigenvalue weighted by atomic mass is 10.1. The van der Waals surface area contributed by atoms with Gasteiger partial charge in [0.25, 0.3) is 0 Å². The SMILES string of the molecule is Cc1ccc(OCCCCCCCC(=O)O)cc1. The van der Waals surface area contributed by atoms with Crippen molar-refractivity contribution in [1.29, 1.82) is 0 Å². The molecule has 0 spiro atoms. The molecule has 0 radical (unpaired) electrons. The molecule has 1 rings (SSSR count). The molecule has 0 bridgehead atoms. The smallest absolute Gasteiger partial charge is 0.303 e. The quantitative estimate of drug-likeness (QED) is 0.678. The molecule has 100 valence electrons. The Morgan fingerprint density at radius 3 is 2.33 bits per heavy atom. The van der Waals surface area contributed by atoms with Gasteiger partial charge in [-0.2, -0.15) is 0 Å². The van der Waals surface area contributed by atoms with Crippen LogP contribution in [0.5, 0.6) is 5.75 Å². The maximum Gasteiger partial charge on any atom is 0.303 e. The topological polar surface area (TPSA) is 46.5 Å². The van der Waals surface area contributed by atoms with Crippen LogP contribution >= 0.6 is 0 Å². The highest BCUT2D eigenvalue weighted by molar-refractivity contribution is 5.66. The zero-order chi connectivity index (χ0) is 13.2. The molecule has 3 heteroatoms. The molecule has 0 saturated heterocycles. The van der Waals surface area contributed by atoms with E-state index < -0.39 is 5.97 Å². The summed E-state index contributed by atoms with van der Waals surface area (Å²) in [5.41, 5.74) is 1.24. The number of hydrogen-bond donors (Lipinski definition) is 1. The maximum atomic E-state index is 10.3. The van der Waals surface area contributed by atoms with Crippen LogP contribution < -0.4 is 4.74 Å². The second-order valence-corrected chi connectivity index (χ2v) is 4.57. The van der Waals surface area contributed by atoms with Crippen molar-refractivity contribution in [3.05, 3.63) is 29.8 Å². The minimum atomic E-state index is -0.697. The van der Waals surface area contributed by atoms with Gasteiger partial charge in [0.1, 0.15) is 5.75 Å². The number of ether oxygens (including phenoxy) is 1. The Kier molecular flexibility index (Phi) is 6.92. The number of benzene rings is 1. The van der Waals surface area contributed by atoms with Crippen molar-refractivity contribution in [3.8, 4) is 5.75 Å². The van der Waals surface area contributed by atoms with E-state index >= 15 is 0 Å². The Morgan fingerprint density at radius 2 is 1.67 bits per heavy atom. The van der Waals surface area contributed by atoms with Gasteiger partial charge in [-0.1, -0.05) is 37.0 Å². The van der Waals surface area contributed by atoms with Gasteiger partial charge in [0.15, 0.2) is 0 Å². The van der Waals surface area contributed by atoms with E-state index in [1.54, 1.807) is 0 Å². The summed E-state index contributed by atoms with van der Waals surface area (Å²) in [6.07, 6.45) is 5.29. The van der Waals surface area contributed by atoms with Crippen molar-refractivity contribution >= 4 is 5.97 Å². The van der Waals surface area contributed by atoms with Gasteiger partial charge in [0.05, 0.1) is 6.61 Å². The van der Waals surface area contributed by atoms with Crippen molar-refractivity contribution < 1.29 is 14.6 Å². The molecule has 0 fully saturated rings. The van der Waals surface area contributed by atoms with Crippen molar-refractivity contribution in [3.63, 3.8) is 0 Å². The van der Waals surface area contributed by atoms with Gasteiger partial charge in [-0.15, -0.1) is 0 Å². The lowest BCUT2D eigenvalue weighted by Crippen LogP contribution is -1.97. The zero-order valence-corrected chi connectivity index (χ0v) is 11.0. The van der Waals surface area contributed by atoms with Gasteiger partial charge in [-0.05, 0) is 31.9 Å². The summed E-state index contributed by atoms with van der Waals surface area (Å²) >= 11 is 0. The van der Waals surface area contributed by atoms with Crippen molar-refractivity contribution in [1.82, 2.24) is 0 Å². The van der Waals surface area contributed by atoms with Gasteiger partial charge in [0.2, 0.25) is 0 Å². The molecule has 0 aromatic heterocycles. The Bertz CT molecular complexity index is 343. The fourth-order valence-corrected chi connectivity index (χ4v) is 1.73. The number of rotatable bonds is 9. The molecule has 0 aliphatic heterocycles. The normalized spacial score (nSPS) is 10.3. The van der Waals surface area contributed by atoms with Gasteiger partial charge in [-0.3, -0.25) is 4.79 Å². The minimum absolute atomic E-state index is 0.292. The number of unbranched alkanes of at least 4 members (excludes halogenated alkanes) is 4. The van der Waals surface area contributed by atoms with Crippen LogP contribution in [0.25, 0.3) is 0 Å². The molecule has 0 saturated carbocycles. The standard InChI is InChI=1S/C15H22O3/c1-13-8-10-14(11-9-13)18-12-6-4-2-3-5-7-15(16)17/h8-11H,2-7,12H2,1H3,(H,16,17). The fourth-order valence-electron chi connectivity index (χ4n) is 1.73. The second kappa shape index (κ2) is 8.56. The average molecular weight is 250 g/mol. The maximum absolute atomic E-state index is 10.3.